The average molecular weight is 330 g/mol. The number of carbonyl (C=O) groups excluding carboxylic acids is 1. The van der Waals surface area contributed by atoms with Gasteiger partial charge in [0.25, 0.3) is 0 Å². The normalized spacial score (nSPS) is 19.3. The molecule has 3 rings (SSSR count). The summed E-state index contributed by atoms with van der Waals surface area (Å²) in [6.07, 6.45) is 1.46. The maximum atomic E-state index is 12.2. The van der Waals surface area contributed by atoms with Crippen molar-refractivity contribution in [2.24, 2.45) is 5.92 Å². The van der Waals surface area contributed by atoms with E-state index in [1.165, 1.54) is 27.8 Å². The van der Waals surface area contributed by atoms with Crippen molar-refractivity contribution in [2.75, 3.05) is 6.54 Å². The molecule has 0 saturated heterocycles. The van der Waals surface area contributed by atoms with E-state index in [1.807, 2.05) is 12.1 Å². The molecule has 2 atom stereocenters. The Morgan fingerprint density at radius 1 is 1.39 bits per heavy atom. The standard InChI is InChI=1S/C17H18N2O3S/c1-10-4-2-3-5-11(10)12-8-13(12)16(20)18-7-6-15-19-14(9-23-15)17(21)22/h2-5,9,12-13H,6-8H2,1H3,(H,18,20)(H,21,22). The van der Waals surface area contributed by atoms with Crippen molar-refractivity contribution in [1.29, 1.82) is 0 Å². The molecule has 1 fully saturated rings. The summed E-state index contributed by atoms with van der Waals surface area (Å²) in [6, 6.07) is 8.19. The zero-order chi connectivity index (χ0) is 16.4. The first kappa shape index (κ1) is 15.7. The summed E-state index contributed by atoms with van der Waals surface area (Å²) in [5.74, 6) is -0.555. The van der Waals surface area contributed by atoms with Crippen LogP contribution in [-0.2, 0) is 11.2 Å². The number of hydrogen-bond donors (Lipinski definition) is 2. The SMILES string of the molecule is Cc1ccccc1C1CC1C(=O)NCCc1nc(C(=O)O)cs1. The van der Waals surface area contributed by atoms with Crippen LogP contribution in [0.2, 0.25) is 0 Å². The Bertz CT molecular complexity index is 741. The third-order valence-electron chi connectivity index (χ3n) is 4.12. The predicted octanol–water partition coefficient (Wildman–Crippen LogP) is 2.61. The number of aromatic nitrogens is 1. The van der Waals surface area contributed by atoms with Crippen LogP contribution in [-0.4, -0.2) is 28.5 Å². The van der Waals surface area contributed by atoms with Gasteiger partial charge in [0.05, 0.1) is 5.01 Å². The summed E-state index contributed by atoms with van der Waals surface area (Å²) in [6.45, 7) is 2.56. The second kappa shape index (κ2) is 6.50. The number of aryl methyl sites for hydroxylation is 1. The van der Waals surface area contributed by atoms with Crippen LogP contribution < -0.4 is 5.32 Å². The number of amides is 1. The van der Waals surface area contributed by atoms with Gasteiger partial charge in [-0.1, -0.05) is 24.3 Å². The maximum Gasteiger partial charge on any atom is 0.355 e. The zero-order valence-corrected chi connectivity index (χ0v) is 13.6. The Labute approximate surface area is 138 Å². The van der Waals surface area contributed by atoms with Gasteiger partial charge in [0.15, 0.2) is 5.69 Å². The number of nitrogens with one attached hydrogen (secondary N) is 1. The van der Waals surface area contributed by atoms with Gasteiger partial charge in [-0.25, -0.2) is 9.78 Å². The van der Waals surface area contributed by atoms with E-state index in [-0.39, 0.29) is 17.5 Å². The van der Waals surface area contributed by atoms with Crippen LogP contribution in [0.25, 0.3) is 0 Å². The van der Waals surface area contributed by atoms with Crippen molar-refractivity contribution < 1.29 is 14.7 Å². The number of benzene rings is 1. The first-order valence-electron chi connectivity index (χ1n) is 7.57. The number of hydrogen-bond acceptors (Lipinski definition) is 4. The number of thiazole rings is 1. The zero-order valence-electron chi connectivity index (χ0n) is 12.8. The van der Waals surface area contributed by atoms with Crippen LogP contribution in [0.15, 0.2) is 29.6 Å². The first-order chi connectivity index (χ1) is 11.1. The summed E-state index contributed by atoms with van der Waals surface area (Å²) < 4.78 is 0. The molecule has 2 N–H and O–H groups in total. The fraction of sp³-hybridized carbons (Fsp3) is 0.353. The smallest absolute Gasteiger partial charge is 0.355 e. The van der Waals surface area contributed by atoms with E-state index in [4.69, 9.17) is 5.11 Å². The highest BCUT2D eigenvalue weighted by Crippen LogP contribution is 2.48. The number of nitrogens with zero attached hydrogens (tertiary/aromatic N) is 1. The van der Waals surface area contributed by atoms with Gasteiger partial charge in [0.2, 0.25) is 5.91 Å². The third-order valence-corrected chi connectivity index (χ3v) is 5.03. The van der Waals surface area contributed by atoms with Crippen LogP contribution in [0.1, 0.15) is 39.0 Å². The largest absolute Gasteiger partial charge is 0.476 e. The monoisotopic (exact) mass is 330 g/mol. The number of aromatic carboxylic acids is 1. The molecule has 0 radical (unpaired) electrons. The summed E-state index contributed by atoms with van der Waals surface area (Å²) in [4.78, 5) is 27.0. The van der Waals surface area contributed by atoms with Crippen molar-refractivity contribution in [3.8, 4) is 0 Å². The number of carboxylic acid groups (broad SMARTS) is 1. The highest BCUT2D eigenvalue weighted by atomic mass is 32.1. The molecule has 5 nitrogen and oxygen atoms in total. The Balaban J connectivity index is 1.47. The molecule has 1 heterocycles. The van der Waals surface area contributed by atoms with E-state index >= 15 is 0 Å². The summed E-state index contributed by atoms with van der Waals surface area (Å²) >= 11 is 1.31. The van der Waals surface area contributed by atoms with Crippen molar-refractivity contribution in [1.82, 2.24) is 10.3 Å². The lowest BCUT2D eigenvalue weighted by molar-refractivity contribution is -0.122. The van der Waals surface area contributed by atoms with E-state index in [0.717, 1.165) is 11.4 Å². The molecule has 1 aromatic heterocycles. The van der Waals surface area contributed by atoms with Crippen molar-refractivity contribution in [3.63, 3.8) is 0 Å². The number of carboxylic acids is 1. The van der Waals surface area contributed by atoms with Crippen LogP contribution in [0.4, 0.5) is 0 Å². The Hall–Kier alpha value is -2.21. The van der Waals surface area contributed by atoms with Crippen LogP contribution in [0.3, 0.4) is 0 Å². The first-order valence-corrected chi connectivity index (χ1v) is 8.45. The summed E-state index contributed by atoms with van der Waals surface area (Å²) in [7, 11) is 0. The lowest BCUT2D eigenvalue weighted by atomic mass is 10.0. The van der Waals surface area contributed by atoms with Gasteiger partial charge >= 0.3 is 5.97 Å². The number of carbonyl (C=O) groups is 2. The summed E-state index contributed by atoms with van der Waals surface area (Å²) in [5, 5.41) is 14.0. The molecule has 0 bridgehead atoms. The van der Waals surface area contributed by atoms with Gasteiger partial charge < -0.3 is 10.4 Å². The molecule has 1 saturated carbocycles. The molecular formula is C17H18N2O3S. The molecule has 0 spiro atoms. The van der Waals surface area contributed by atoms with E-state index in [0.29, 0.717) is 18.9 Å². The predicted molar refractivity (Wildman–Crippen MR) is 87.8 cm³/mol. The molecule has 120 valence electrons. The quantitative estimate of drug-likeness (QED) is 0.853. The molecule has 2 unspecified atom stereocenters. The van der Waals surface area contributed by atoms with Crippen LogP contribution in [0, 0.1) is 12.8 Å². The van der Waals surface area contributed by atoms with E-state index in [1.54, 1.807) is 0 Å². The topological polar surface area (TPSA) is 79.3 Å². The molecule has 1 aliphatic carbocycles. The van der Waals surface area contributed by atoms with Crippen molar-refractivity contribution >= 4 is 23.2 Å². The second-order valence-electron chi connectivity index (χ2n) is 5.78. The minimum absolute atomic E-state index is 0.0574. The lowest BCUT2D eigenvalue weighted by Crippen LogP contribution is -2.27. The Kier molecular flexibility index (Phi) is 4.43. The molecule has 0 aliphatic heterocycles. The Morgan fingerprint density at radius 2 is 2.17 bits per heavy atom. The third kappa shape index (κ3) is 3.59. The molecule has 23 heavy (non-hydrogen) atoms. The van der Waals surface area contributed by atoms with Gasteiger partial charge in [-0.15, -0.1) is 11.3 Å². The fourth-order valence-corrected chi connectivity index (χ4v) is 3.55. The maximum absolute atomic E-state index is 12.2. The lowest BCUT2D eigenvalue weighted by Gasteiger charge is -2.06. The minimum Gasteiger partial charge on any atom is -0.476 e. The van der Waals surface area contributed by atoms with Crippen molar-refractivity contribution in [2.45, 2.75) is 25.7 Å². The van der Waals surface area contributed by atoms with Gasteiger partial charge in [-0.3, -0.25) is 4.79 Å². The van der Waals surface area contributed by atoms with Crippen LogP contribution >= 0.6 is 11.3 Å². The average Bonchev–Trinajstić information content (AvgIpc) is 3.17. The molecule has 1 aromatic carbocycles. The van der Waals surface area contributed by atoms with Gasteiger partial charge in [-0.2, -0.15) is 0 Å². The van der Waals surface area contributed by atoms with Crippen molar-refractivity contribution in [3.05, 3.63) is 51.5 Å². The van der Waals surface area contributed by atoms with E-state index in [9.17, 15) is 9.59 Å². The summed E-state index contributed by atoms with van der Waals surface area (Å²) in [5.41, 5.74) is 2.56. The van der Waals surface area contributed by atoms with E-state index < -0.39 is 5.97 Å². The highest BCUT2D eigenvalue weighted by molar-refractivity contribution is 7.09. The molecular weight excluding hydrogens is 312 g/mol. The Morgan fingerprint density at radius 3 is 2.87 bits per heavy atom. The minimum atomic E-state index is -1.02. The molecule has 1 aliphatic rings. The fourth-order valence-electron chi connectivity index (χ4n) is 2.78. The van der Waals surface area contributed by atoms with Gasteiger partial charge in [-0.05, 0) is 30.4 Å². The van der Waals surface area contributed by atoms with E-state index in [2.05, 4.69) is 29.4 Å². The molecule has 6 heteroatoms. The highest BCUT2D eigenvalue weighted by Gasteiger charge is 2.44. The van der Waals surface area contributed by atoms with Gasteiger partial charge in [0, 0.05) is 24.3 Å². The molecule has 1 amide bonds. The molecule has 2 aromatic rings. The number of rotatable bonds is 6. The van der Waals surface area contributed by atoms with Crippen LogP contribution in [0.5, 0.6) is 0 Å². The van der Waals surface area contributed by atoms with Gasteiger partial charge in [0.1, 0.15) is 0 Å². The second-order valence-corrected chi connectivity index (χ2v) is 6.72.